The fourth-order valence-electron chi connectivity index (χ4n) is 8.46. The minimum atomic E-state index is -1.03. The highest BCUT2D eigenvalue weighted by Gasteiger charge is 2.39. The smallest absolute Gasteiger partial charge is 0.412 e. The van der Waals surface area contributed by atoms with E-state index in [4.69, 9.17) is 26.8 Å². The molecule has 2 aliphatic heterocycles. The van der Waals surface area contributed by atoms with Crippen molar-refractivity contribution in [1.82, 2.24) is 45.7 Å². The standard InChI is InChI=1S/C50H65ClN12O6/c1-5-34-7-6-8-36(29-34)37-30-41(60-48(67)69-49(2,3)4)43(56-31-37)46(65)55-19-28-68-27-18-53-32-42(64)62-25-23-61(24-26-62)20-14-40(35-9-11-38(51)12-10-35)59-47(66)50(52)15-21-63(22-16-50)45-39-13-17-54-44(39)57-33-58-45/h6-13,17,29-31,33,40,53H,5,14-16,18-28,32,52H2,1-4H3,(H,55,65)(H,59,66)(H,60,67)(H,54,57,58)/t40-/m0/s1. The van der Waals surface area contributed by atoms with Crippen molar-refractivity contribution < 1.29 is 28.7 Å². The summed E-state index contributed by atoms with van der Waals surface area (Å²) in [5.41, 5.74) is 9.89. The van der Waals surface area contributed by atoms with E-state index < -0.39 is 23.1 Å². The number of hydrogen-bond donors (Lipinski definition) is 6. The molecule has 19 heteroatoms. The Morgan fingerprint density at radius 2 is 1.67 bits per heavy atom. The highest BCUT2D eigenvalue weighted by Crippen LogP contribution is 2.30. The van der Waals surface area contributed by atoms with Crippen LogP contribution in [0, 0.1) is 0 Å². The van der Waals surface area contributed by atoms with E-state index in [0.29, 0.717) is 76.7 Å². The number of fused-ring (bicyclic) bond motifs is 1. The zero-order chi connectivity index (χ0) is 49.0. The zero-order valence-corrected chi connectivity index (χ0v) is 40.7. The second kappa shape index (κ2) is 23.4. The minimum Gasteiger partial charge on any atom is -0.444 e. The van der Waals surface area contributed by atoms with Crippen molar-refractivity contribution in [3.05, 3.63) is 101 Å². The van der Waals surface area contributed by atoms with Gasteiger partial charge in [0, 0.05) is 81.9 Å². The Hall–Kier alpha value is -6.18. The highest BCUT2D eigenvalue weighted by atomic mass is 35.5. The van der Waals surface area contributed by atoms with E-state index in [1.165, 1.54) is 0 Å². The third-order valence-electron chi connectivity index (χ3n) is 12.4. The third kappa shape index (κ3) is 14.0. The molecule has 368 valence electrons. The van der Waals surface area contributed by atoms with Gasteiger partial charge < -0.3 is 45.9 Å². The maximum absolute atomic E-state index is 13.9. The normalized spacial score (nSPS) is 15.7. The molecule has 7 rings (SSSR count). The van der Waals surface area contributed by atoms with Gasteiger partial charge in [-0.1, -0.05) is 54.9 Å². The number of pyridine rings is 1. The summed E-state index contributed by atoms with van der Waals surface area (Å²) in [6, 6.07) is 19.0. The van der Waals surface area contributed by atoms with Crippen LogP contribution in [0.25, 0.3) is 22.2 Å². The molecule has 0 radical (unpaired) electrons. The number of amides is 4. The number of piperidine rings is 1. The van der Waals surface area contributed by atoms with Crippen molar-refractivity contribution >= 4 is 58.0 Å². The second-order valence-corrected chi connectivity index (χ2v) is 19.0. The van der Waals surface area contributed by atoms with Crippen molar-refractivity contribution in [1.29, 1.82) is 0 Å². The Bertz CT molecular complexity index is 2530. The molecule has 1 atom stereocenters. The van der Waals surface area contributed by atoms with Crippen molar-refractivity contribution in [3.8, 4) is 11.1 Å². The number of ether oxygens (including phenoxy) is 2. The molecule has 0 aliphatic carbocycles. The summed E-state index contributed by atoms with van der Waals surface area (Å²) >= 11 is 6.24. The van der Waals surface area contributed by atoms with Gasteiger partial charge in [0.2, 0.25) is 11.8 Å². The van der Waals surface area contributed by atoms with Crippen molar-refractivity contribution in [2.75, 3.05) is 88.9 Å². The van der Waals surface area contributed by atoms with Crippen molar-refractivity contribution in [2.45, 2.75) is 70.6 Å². The first-order valence-corrected chi connectivity index (χ1v) is 24.1. The first kappa shape index (κ1) is 50.7. The molecule has 0 spiro atoms. The Kier molecular flexibility index (Phi) is 17.2. The molecule has 4 amide bonds. The molecule has 69 heavy (non-hydrogen) atoms. The SMILES string of the molecule is CCc1cccc(-c2cnc(C(=O)NCCOCCNCC(=O)N3CCN(CC[C@H](NC(=O)C4(N)CCN(c5ncnc6[nH]ccc56)CC4)c4ccc(Cl)cc4)CC3)c(NC(=O)OC(C)(C)C)c2)c1. The van der Waals surface area contributed by atoms with E-state index in [1.54, 1.807) is 39.4 Å². The number of halogens is 1. The van der Waals surface area contributed by atoms with Crippen LogP contribution in [0.1, 0.15) is 74.6 Å². The number of piperazine rings is 1. The molecule has 5 heterocycles. The molecule has 0 saturated carbocycles. The van der Waals surface area contributed by atoms with E-state index in [0.717, 1.165) is 52.1 Å². The Labute approximate surface area is 408 Å². The zero-order valence-electron chi connectivity index (χ0n) is 40.0. The first-order valence-electron chi connectivity index (χ1n) is 23.7. The molecule has 0 unspecified atom stereocenters. The van der Waals surface area contributed by atoms with E-state index in [2.05, 4.69) is 64.0 Å². The largest absolute Gasteiger partial charge is 0.444 e. The lowest BCUT2D eigenvalue weighted by atomic mass is 9.87. The lowest BCUT2D eigenvalue weighted by Gasteiger charge is -2.39. The first-order chi connectivity index (χ1) is 33.2. The van der Waals surface area contributed by atoms with Crippen LogP contribution in [-0.2, 0) is 25.5 Å². The van der Waals surface area contributed by atoms with Gasteiger partial charge in [0.1, 0.15) is 23.4 Å². The number of anilines is 2. The topological polar surface area (TPSA) is 225 Å². The number of H-pyrrole nitrogens is 1. The molecule has 18 nitrogen and oxygen atoms in total. The maximum atomic E-state index is 13.9. The van der Waals surface area contributed by atoms with Crippen molar-refractivity contribution in [2.24, 2.45) is 5.73 Å². The van der Waals surface area contributed by atoms with Gasteiger partial charge in [0.15, 0.2) is 5.69 Å². The number of carbonyl (C=O) groups is 4. The monoisotopic (exact) mass is 964 g/mol. The number of nitrogens with two attached hydrogens (primary N) is 1. The summed E-state index contributed by atoms with van der Waals surface area (Å²) < 4.78 is 11.2. The molecule has 2 saturated heterocycles. The number of aromatic nitrogens is 4. The molecule has 7 N–H and O–H groups in total. The Morgan fingerprint density at radius 3 is 2.41 bits per heavy atom. The molecule has 2 aliphatic rings. The molecule has 3 aromatic heterocycles. The van der Waals surface area contributed by atoms with E-state index in [1.807, 2.05) is 59.6 Å². The summed E-state index contributed by atoms with van der Waals surface area (Å²) in [6.07, 6.45) is 6.79. The van der Waals surface area contributed by atoms with E-state index in [-0.39, 0.29) is 48.9 Å². The summed E-state index contributed by atoms with van der Waals surface area (Å²) in [5.74, 6) is 0.200. The number of nitrogens with one attached hydrogen (secondary N) is 5. The molecule has 2 aromatic carbocycles. The minimum absolute atomic E-state index is 0.0112. The van der Waals surface area contributed by atoms with Crippen LogP contribution in [0.5, 0.6) is 0 Å². The number of benzene rings is 2. The average molecular weight is 966 g/mol. The highest BCUT2D eigenvalue weighted by molar-refractivity contribution is 6.30. The van der Waals surface area contributed by atoms with E-state index in [9.17, 15) is 19.2 Å². The fourth-order valence-corrected chi connectivity index (χ4v) is 8.59. The molecule has 0 bridgehead atoms. The van der Waals surface area contributed by atoms with Gasteiger partial charge in [-0.2, -0.15) is 0 Å². The molecule has 5 aromatic rings. The fraction of sp³-hybridized carbons (Fsp3) is 0.460. The number of nitrogens with zero attached hydrogens (tertiary/aromatic N) is 6. The predicted molar refractivity (Wildman–Crippen MR) is 267 cm³/mol. The van der Waals surface area contributed by atoms with Gasteiger partial charge in [-0.3, -0.25) is 24.6 Å². The summed E-state index contributed by atoms with van der Waals surface area (Å²) in [4.78, 5) is 75.7. The van der Waals surface area contributed by atoms with Crippen LogP contribution in [-0.4, -0.2) is 143 Å². The van der Waals surface area contributed by atoms with Crippen LogP contribution in [0.15, 0.2) is 79.4 Å². The van der Waals surface area contributed by atoms with Crippen molar-refractivity contribution in [3.63, 3.8) is 0 Å². The lowest BCUT2D eigenvalue weighted by Crippen LogP contribution is -2.60. The third-order valence-corrected chi connectivity index (χ3v) is 12.7. The predicted octanol–water partition coefficient (Wildman–Crippen LogP) is 5.31. The quantitative estimate of drug-likeness (QED) is 0.0579. The van der Waals surface area contributed by atoms with Gasteiger partial charge in [-0.15, -0.1) is 0 Å². The lowest BCUT2D eigenvalue weighted by molar-refractivity contribution is -0.132. The average Bonchev–Trinajstić information content (AvgIpc) is 3.83. The Morgan fingerprint density at radius 1 is 0.913 bits per heavy atom. The molecular weight excluding hydrogens is 900 g/mol. The van der Waals surface area contributed by atoms with Crippen LogP contribution in [0.3, 0.4) is 0 Å². The van der Waals surface area contributed by atoms with Crippen LogP contribution in [0.2, 0.25) is 5.02 Å². The van der Waals surface area contributed by atoms with Crippen LogP contribution >= 0.6 is 11.6 Å². The summed E-state index contributed by atoms with van der Waals surface area (Å²) in [6.45, 7) is 13.3. The van der Waals surface area contributed by atoms with Gasteiger partial charge >= 0.3 is 6.09 Å². The maximum Gasteiger partial charge on any atom is 0.412 e. The van der Waals surface area contributed by atoms with E-state index >= 15 is 0 Å². The Balaban J connectivity index is 0.805. The second-order valence-electron chi connectivity index (χ2n) is 18.5. The van der Waals surface area contributed by atoms with Gasteiger partial charge in [-0.05, 0) is 87.4 Å². The number of carbonyl (C=O) groups excluding carboxylic acids is 4. The number of aromatic amines is 1. The van der Waals surface area contributed by atoms with Crippen LogP contribution in [0.4, 0.5) is 16.3 Å². The molecular formula is C50H65ClN12O6. The number of aryl methyl sites for hydroxylation is 1. The summed E-state index contributed by atoms with van der Waals surface area (Å²) in [5, 5.41) is 13.5. The van der Waals surface area contributed by atoms with Gasteiger partial charge in [0.05, 0.1) is 42.4 Å². The molecule has 2 fully saturated rings. The number of rotatable bonds is 19. The number of hydrogen-bond acceptors (Lipinski definition) is 13. The van der Waals surface area contributed by atoms with Crippen LogP contribution < -0.4 is 31.9 Å². The van der Waals surface area contributed by atoms with Gasteiger partial charge in [-0.25, -0.2) is 19.7 Å². The van der Waals surface area contributed by atoms with Gasteiger partial charge in [0.25, 0.3) is 5.91 Å². The summed E-state index contributed by atoms with van der Waals surface area (Å²) in [7, 11) is 0.